The molecular weight excluding hydrogens is 409 g/mol. The first kappa shape index (κ1) is 20.4. The van der Waals surface area contributed by atoms with Gasteiger partial charge in [-0.1, -0.05) is 12.1 Å². The van der Waals surface area contributed by atoms with Gasteiger partial charge in [0.25, 0.3) is 0 Å². The molecule has 0 atom stereocenters. The molecule has 31 heavy (non-hydrogen) atoms. The van der Waals surface area contributed by atoms with Gasteiger partial charge in [-0.3, -0.25) is 0 Å². The number of ether oxygens (including phenoxy) is 2. The highest BCUT2D eigenvalue weighted by atomic mass is 19.4. The number of rotatable bonds is 6. The number of alkyl halides is 3. The number of imidazole rings is 1. The minimum absolute atomic E-state index is 0.300. The maximum absolute atomic E-state index is 12.2. The largest absolute Gasteiger partial charge is 0.573 e. The lowest BCUT2D eigenvalue weighted by molar-refractivity contribution is -0.274. The van der Waals surface area contributed by atoms with Crippen molar-refractivity contribution < 1.29 is 22.6 Å². The van der Waals surface area contributed by atoms with Crippen LogP contribution in [0.4, 0.5) is 24.8 Å². The Morgan fingerprint density at radius 1 is 0.935 bits per heavy atom. The van der Waals surface area contributed by atoms with Crippen molar-refractivity contribution in [1.29, 1.82) is 0 Å². The molecule has 4 aromatic rings. The molecule has 3 N–H and O–H groups in total. The molecule has 0 unspecified atom stereocenters. The predicted molar refractivity (Wildman–Crippen MR) is 112 cm³/mol. The fourth-order valence-corrected chi connectivity index (χ4v) is 3.07. The van der Waals surface area contributed by atoms with Gasteiger partial charge in [0.1, 0.15) is 17.2 Å². The van der Waals surface area contributed by atoms with Crippen LogP contribution in [0.2, 0.25) is 0 Å². The Bertz CT molecular complexity index is 1190. The summed E-state index contributed by atoms with van der Waals surface area (Å²) in [7, 11) is 1.92. The number of nitrogen functional groups attached to an aromatic ring is 1. The molecule has 0 bridgehead atoms. The van der Waals surface area contributed by atoms with Crippen LogP contribution in [-0.2, 0) is 13.6 Å². The summed E-state index contributed by atoms with van der Waals surface area (Å²) in [6.07, 6.45) is -4.72. The third-order valence-electron chi connectivity index (χ3n) is 4.57. The average molecular weight is 428 g/mol. The second-order valence-electron chi connectivity index (χ2n) is 6.86. The Kier molecular flexibility index (Phi) is 5.33. The molecule has 0 radical (unpaired) electrons. The molecule has 160 valence electrons. The molecular formula is C22H19F3N4O2. The molecule has 0 aliphatic heterocycles. The summed E-state index contributed by atoms with van der Waals surface area (Å²) in [4.78, 5) is 4.56. The maximum Gasteiger partial charge on any atom is 0.573 e. The van der Waals surface area contributed by atoms with E-state index in [1.165, 1.54) is 24.3 Å². The van der Waals surface area contributed by atoms with Crippen LogP contribution in [0, 0.1) is 0 Å². The van der Waals surface area contributed by atoms with Gasteiger partial charge in [0.2, 0.25) is 5.95 Å². The molecule has 9 heteroatoms. The molecule has 0 saturated carbocycles. The highest BCUT2D eigenvalue weighted by Gasteiger charge is 2.30. The van der Waals surface area contributed by atoms with Gasteiger partial charge in [0.05, 0.1) is 11.0 Å². The van der Waals surface area contributed by atoms with E-state index in [1.807, 2.05) is 41.9 Å². The first-order valence-corrected chi connectivity index (χ1v) is 9.35. The Morgan fingerprint density at radius 2 is 1.55 bits per heavy atom. The first-order valence-electron chi connectivity index (χ1n) is 9.35. The fourth-order valence-electron chi connectivity index (χ4n) is 3.07. The molecule has 6 nitrogen and oxygen atoms in total. The second kappa shape index (κ2) is 8.10. The number of hydrogen-bond acceptors (Lipinski definition) is 5. The summed E-state index contributed by atoms with van der Waals surface area (Å²) in [6.45, 7) is 0.552. The van der Waals surface area contributed by atoms with E-state index >= 15 is 0 Å². The number of nitrogens with zero attached hydrogens (tertiary/aromatic N) is 2. The SMILES string of the molecule is Cn1c(NCc2ccc(Oc3ccc(OC(F)(F)F)cc3)cc2)nc2ccc(N)cc21. The second-order valence-corrected chi connectivity index (χ2v) is 6.86. The van der Waals surface area contributed by atoms with Crippen molar-refractivity contribution in [3.8, 4) is 17.2 Å². The van der Waals surface area contributed by atoms with Gasteiger partial charge in [-0.25, -0.2) is 4.98 Å². The fraction of sp³-hybridized carbons (Fsp3) is 0.136. The standard InChI is InChI=1S/C22H19F3N4O2/c1-29-20-12-15(26)4-11-19(20)28-21(29)27-13-14-2-5-16(6-3-14)30-17-7-9-18(10-8-17)31-22(23,24)25/h2-12H,13,26H2,1H3,(H,27,28). The number of hydrogen-bond donors (Lipinski definition) is 2. The topological polar surface area (TPSA) is 74.3 Å². The number of aryl methyl sites for hydroxylation is 1. The van der Waals surface area contributed by atoms with Crippen molar-refractivity contribution >= 4 is 22.7 Å². The highest BCUT2D eigenvalue weighted by molar-refractivity contribution is 5.81. The summed E-state index contributed by atoms with van der Waals surface area (Å²) in [5.74, 6) is 1.39. The van der Waals surface area contributed by atoms with Gasteiger partial charge >= 0.3 is 6.36 Å². The van der Waals surface area contributed by atoms with E-state index in [4.69, 9.17) is 10.5 Å². The van der Waals surface area contributed by atoms with Crippen LogP contribution < -0.4 is 20.5 Å². The van der Waals surface area contributed by atoms with E-state index in [-0.39, 0.29) is 5.75 Å². The van der Waals surface area contributed by atoms with Crippen molar-refractivity contribution in [3.05, 3.63) is 72.3 Å². The molecule has 1 aromatic heterocycles. The average Bonchev–Trinajstić information content (AvgIpc) is 3.03. The molecule has 3 aromatic carbocycles. The number of halogens is 3. The van der Waals surface area contributed by atoms with Crippen LogP contribution in [0.5, 0.6) is 17.2 Å². The van der Waals surface area contributed by atoms with Crippen molar-refractivity contribution in [2.45, 2.75) is 12.9 Å². The van der Waals surface area contributed by atoms with Crippen molar-refractivity contribution in [2.75, 3.05) is 11.1 Å². The summed E-state index contributed by atoms with van der Waals surface area (Å²) in [5.41, 5.74) is 9.33. The summed E-state index contributed by atoms with van der Waals surface area (Å²) >= 11 is 0. The predicted octanol–water partition coefficient (Wildman–Crippen LogP) is 5.46. The Balaban J connectivity index is 1.37. The zero-order valence-corrected chi connectivity index (χ0v) is 16.5. The van der Waals surface area contributed by atoms with Gasteiger partial charge in [-0.2, -0.15) is 0 Å². The van der Waals surface area contributed by atoms with E-state index < -0.39 is 6.36 Å². The molecule has 0 aliphatic carbocycles. The number of anilines is 2. The number of fused-ring (bicyclic) bond motifs is 1. The lowest BCUT2D eigenvalue weighted by Crippen LogP contribution is -2.16. The lowest BCUT2D eigenvalue weighted by Gasteiger charge is -2.10. The van der Waals surface area contributed by atoms with Crippen LogP contribution in [-0.4, -0.2) is 15.9 Å². The quantitative estimate of drug-likeness (QED) is 0.399. The molecule has 0 fully saturated rings. The molecule has 0 amide bonds. The van der Waals surface area contributed by atoms with Gasteiger partial charge in [-0.15, -0.1) is 13.2 Å². The highest BCUT2D eigenvalue weighted by Crippen LogP contribution is 2.27. The molecule has 0 spiro atoms. The smallest absolute Gasteiger partial charge is 0.457 e. The minimum atomic E-state index is -4.72. The third-order valence-corrected chi connectivity index (χ3v) is 4.57. The van der Waals surface area contributed by atoms with E-state index in [0.717, 1.165) is 22.5 Å². The summed E-state index contributed by atoms with van der Waals surface area (Å²) in [6, 6.07) is 18.1. The van der Waals surface area contributed by atoms with E-state index in [9.17, 15) is 13.2 Å². The lowest BCUT2D eigenvalue weighted by atomic mass is 10.2. The van der Waals surface area contributed by atoms with Gasteiger partial charge in [-0.05, 0) is 60.2 Å². The Hall–Kier alpha value is -3.88. The molecule has 1 heterocycles. The first-order chi connectivity index (χ1) is 14.8. The monoisotopic (exact) mass is 428 g/mol. The summed E-state index contributed by atoms with van der Waals surface area (Å²) < 4.78 is 48.1. The van der Waals surface area contributed by atoms with Gasteiger partial charge in [0, 0.05) is 19.3 Å². The Morgan fingerprint density at radius 3 is 2.19 bits per heavy atom. The number of nitrogens with one attached hydrogen (secondary N) is 1. The zero-order chi connectivity index (χ0) is 22.0. The van der Waals surface area contributed by atoms with E-state index in [0.29, 0.717) is 23.7 Å². The number of aromatic nitrogens is 2. The Labute approximate surface area is 176 Å². The molecule has 0 aliphatic rings. The maximum atomic E-state index is 12.2. The van der Waals surface area contributed by atoms with Crippen LogP contribution >= 0.6 is 0 Å². The van der Waals surface area contributed by atoms with E-state index in [1.54, 1.807) is 12.1 Å². The summed E-state index contributed by atoms with van der Waals surface area (Å²) in [5, 5.41) is 3.30. The van der Waals surface area contributed by atoms with Crippen LogP contribution in [0.15, 0.2) is 66.7 Å². The molecule has 0 saturated heterocycles. The van der Waals surface area contributed by atoms with Crippen LogP contribution in [0.1, 0.15) is 5.56 Å². The van der Waals surface area contributed by atoms with Crippen molar-refractivity contribution in [1.82, 2.24) is 9.55 Å². The third kappa shape index (κ3) is 5.00. The van der Waals surface area contributed by atoms with Gasteiger partial charge < -0.3 is 25.1 Å². The van der Waals surface area contributed by atoms with Crippen molar-refractivity contribution in [3.63, 3.8) is 0 Å². The zero-order valence-electron chi connectivity index (χ0n) is 16.5. The number of nitrogens with two attached hydrogens (primary N) is 1. The van der Waals surface area contributed by atoms with Crippen LogP contribution in [0.25, 0.3) is 11.0 Å². The number of benzene rings is 3. The van der Waals surface area contributed by atoms with Gasteiger partial charge in [0.15, 0.2) is 0 Å². The minimum Gasteiger partial charge on any atom is -0.457 e. The normalized spacial score (nSPS) is 11.5. The van der Waals surface area contributed by atoms with Crippen molar-refractivity contribution in [2.24, 2.45) is 7.05 Å². The molecule has 4 rings (SSSR count). The van der Waals surface area contributed by atoms with Crippen LogP contribution in [0.3, 0.4) is 0 Å². The van der Waals surface area contributed by atoms with E-state index in [2.05, 4.69) is 15.0 Å².